The summed E-state index contributed by atoms with van der Waals surface area (Å²) in [5, 5.41) is 3.34. The average molecular weight is 399 g/mol. The van der Waals surface area contributed by atoms with Crippen LogP contribution in [0, 0.1) is 6.92 Å². The molecule has 0 saturated carbocycles. The van der Waals surface area contributed by atoms with Crippen LogP contribution in [0.15, 0.2) is 39.8 Å². The van der Waals surface area contributed by atoms with Gasteiger partial charge in [-0.1, -0.05) is 0 Å². The number of methoxy groups -OCH3 is 2. The molecule has 2 heterocycles. The standard InChI is InChI=1S/C21H25N3O5/c1-13-7-8-17(29-13)14(2)23-20(25)6-5-9-24-12-22-16-11-19(28-4)18(27-3)10-15(16)21(24)26/h7-8,10-12,14H,5-6,9H2,1-4H3,(H,23,25). The SMILES string of the molecule is COc1cc2ncn(CCCC(=O)NC(C)c3ccc(C)o3)c(=O)c2cc1OC. The maximum absolute atomic E-state index is 12.8. The number of carbonyl (C=O) groups excluding carboxylic acids is 1. The molecule has 29 heavy (non-hydrogen) atoms. The zero-order valence-electron chi connectivity index (χ0n) is 17.0. The number of amides is 1. The van der Waals surface area contributed by atoms with Crippen molar-refractivity contribution in [2.45, 2.75) is 39.3 Å². The van der Waals surface area contributed by atoms with Crippen molar-refractivity contribution in [3.05, 3.63) is 52.5 Å². The Labute approximate surface area is 168 Å². The Morgan fingerprint density at radius 2 is 1.97 bits per heavy atom. The molecule has 0 saturated heterocycles. The number of rotatable bonds is 8. The van der Waals surface area contributed by atoms with Gasteiger partial charge in [0, 0.05) is 19.0 Å². The molecule has 1 N–H and O–H groups in total. The number of nitrogens with one attached hydrogen (secondary N) is 1. The smallest absolute Gasteiger partial charge is 0.261 e. The van der Waals surface area contributed by atoms with E-state index in [1.165, 1.54) is 25.1 Å². The summed E-state index contributed by atoms with van der Waals surface area (Å²) < 4.78 is 17.5. The van der Waals surface area contributed by atoms with E-state index in [-0.39, 0.29) is 17.5 Å². The fraction of sp³-hybridized carbons (Fsp3) is 0.381. The maximum atomic E-state index is 12.8. The van der Waals surface area contributed by atoms with Gasteiger partial charge in [0.1, 0.15) is 11.5 Å². The van der Waals surface area contributed by atoms with E-state index in [0.717, 1.165) is 11.5 Å². The van der Waals surface area contributed by atoms with Crippen molar-refractivity contribution in [2.75, 3.05) is 14.2 Å². The van der Waals surface area contributed by atoms with Gasteiger partial charge < -0.3 is 19.2 Å². The van der Waals surface area contributed by atoms with E-state index in [4.69, 9.17) is 13.9 Å². The first-order chi connectivity index (χ1) is 13.9. The van der Waals surface area contributed by atoms with Crippen molar-refractivity contribution in [1.29, 1.82) is 0 Å². The molecule has 1 unspecified atom stereocenters. The summed E-state index contributed by atoms with van der Waals surface area (Å²) in [6.07, 6.45) is 2.29. The van der Waals surface area contributed by atoms with Crippen LogP contribution < -0.4 is 20.3 Å². The highest BCUT2D eigenvalue weighted by molar-refractivity contribution is 5.81. The lowest BCUT2D eigenvalue weighted by Crippen LogP contribution is -2.27. The second-order valence-electron chi connectivity index (χ2n) is 6.81. The highest BCUT2D eigenvalue weighted by atomic mass is 16.5. The molecule has 154 valence electrons. The van der Waals surface area contributed by atoms with Crippen LogP contribution in [-0.4, -0.2) is 29.7 Å². The lowest BCUT2D eigenvalue weighted by molar-refractivity contribution is -0.122. The largest absolute Gasteiger partial charge is 0.493 e. The van der Waals surface area contributed by atoms with Gasteiger partial charge in [0.05, 0.1) is 37.5 Å². The number of ether oxygens (including phenoxy) is 2. The molecule has 1 amide bonds. The molecule has 8 nitrogen and oxygen atoms in total. The van der Waals surface area contributed by atoms with E-state index in [2.05, 4.69) is 10.3 Å². The van der Waals surface area contributed by atoms with Gasteiger partial charge in [0.25, 0.3) is 5.56 Å². The Morgan fingerprint density at radius 1 is 1.24 bits per heavy atom. The van der Waals surface area contributed by atoms with Crippen LogP contribution in [0.3, 0.4) is 0 Å². The Balaban J connectivity index is 1.63. The summed E-state index contributed by atoms with van der Waals surface area (Å²) in [4.78, 5) is 29.3. The zero-order chi connectivity index (χ0) is 21.0. The van der Waals surface area contributed by atoms with Gasteiger partial charge >= 0.3 is 0 Å². The molecule has 1 aromatic carbocycles. The third-order valence-corrected chi connectivity index (χ3v) is 4.70. The van der Waals surface area contributed by atoms with Gasteiger partial charge in [0.2, 0.25) is 5.91 Å². The molecule has 1 atom stereocenters. The average Bonchev–Trinajstić information content (AvgIpc) is 3.15. The predicted octanol–water partition coefficient (Wildman–Crippen LogP) is 2.97. The predicted molar refractivity (Wildman–Crippen MR) is 108 cm³/mol. The van der Waals surface area contributed by atoms with Crippen LogP contribution in [0.25, 0.3) is 10.9 Å². The third-order valence-electron chi connectivity index (χ3n) is 4.70. The number of carbonyl (C=O) groups is 1. The number of hydrogen-bond donors (Lipinski definition) is 1. The van der Waals surface area contributed by atoms with Crippen molar-refractivity contribution in [2.24, 2.45) is 0 Å². The first-order valence-corrected chi connectivity index (χ1v) is 9.39. The molecule has 8 heteroatoms. The second-order valence-corrected chi connectivity index (χ2v) is 6.81. The van der Waals surface area contributed by atoms with E-state index in [1.54, 1.807) is 12.1 Å². The first kappa shape index (κ1) is 20.4. The van der Waals surface area contributed by atoms with Crippen molar-refractivity contribution in [1.82, 2.24) is 14.9 Å². The number of hydrogen-bond acceptors (Lipinski definition) is 6. The quantitative estimate of drug-likeness (QED) is 0.626. The Bertz CT molecular complexity index is 1070. The van der Waals surface area contributed by atoms with Crippen LogP contribution >= 0.6 is 0 Å². The monoisotopic (exact) mass is 399 g/mol. The molecule has 0 aliphatic carbocycles. The number of furan rings is 1. The van der Waals surface area contributed by atoms with E-state index in [9.17, 15) is 9.59 Å². The molecule has 0 aliphatic heterocycles. The summed E-state index contributed by atoms with van der Waals surface area (Å²) in [5.74, 6) is 2.41. The van der Waals surface area contributed by atoms with Crippen LogP contribution in [0.2, 0.25) is 0 Å². The summed E-state index contributed by atoms with van der Waals surface area (Å²) >= 11 is 0. The Morgan fingerprint density at radius 3 is 2.62 bits per heavy atom. The molecule has 0 spiro atoms. The van der Waals surface area contributed by atoms with E-state index in [0.29, 0.717) is 41.8 Å². The number of benzene rings is 1. The lowest BCUT2D eigenvalue weighted by Gasteiger charge is -2.12. The summed E-state index contributed by atoms with van der Waals surface area (Å²) in [6, 6.07) is 6.81. The van der Waals surface area contributed by atoms with Gasteiger partial charge in [-0.05, 0) is 38.5 Å². The summed E-state index contributed by atoms with van der Waals surface area (Å²) in [5.41, 5.74) is 0.347. The molecule has 0 aliphatic rings. The lowest BCUT2D eigenvalue weighted by atomic mass is 10.2. The van der Waals surface area contributed by atoms with Gasteiger partial charge in [-0.3, -0.25) is 14.2 Å². The van der Waals surface area contributed by atoms with Crippen molar-refractivity contribution < 1.29 is 18.7 Å². The molecular weight excluding hydrogens is 374 g/mol. The zero-order valence-corrected chi connectivity index (χ0v) is 17.0. The highest BCUT2D eigenvalue weighted by Gasteiger charge is 2.14. The minimum Gasteiger partial charge on any atom is -0.493 e. The summed E-state index contributed by atoms with van der Waals surface area (Å²) in [7, 11) is 3.05. The van der Waals surface area contributed by atoms with Gasteiger partial charge in [-0.15, -0.1) is 0 Å². The second kappa shape index (κ2) is 8.81. The number of nitrogens with zero attached hydrogens (tertiary/aromatic N) is 2. The fourth-order valence-corrected chi connectivity index (χ4v) is 3.13. The molecule has 0 radical (unpaired) electrons. The molecule has 2 aromatic heterocycles. The summed E-state index contributed by atoms with van der Waals surface area (Å²) in [6.45, 7) is 4.12. The van der Waals surface area contributed by atoms with Crippen LogP contribution in [0.5, 0.6) is 11.5 Å². The molecule has 0 fully saturated rings. The van der Waals surface area contributed by atoms with E-state index >= 15 is 0 Å². The Kier molecular flexibility index (Phi) is 6.21. The third kappa shape index (κ3) is 4.59. The molecule has 0 bridgehead atoms. The van der Waals surface area contributed by atoms with Gasteiger partial charge in [-0.25, -0.2) is 4.98 Å². The van der Waals surface area contributed by atoms with Crippen LogP contribution in [0.4, 0.5) is 0 Å². The van der Waals surface area contributed by atoms with Crippen LogP contribution in [0.1, 0.15) is 37.3 Å². The molecule has 3 rings (SSSR count). The highest BCUT2D eigenvalue weighted by Crippen LogP contribution is 2.29. The number of aromatic nitrogens is 2. The topological polar surface area (TPSA) is 95.6 Å². The van der Waals surface area contributed by atoms with Crippen molar-refractivity contribution >= 4 is 16.8 Å². The number of aryl methyl sites for hydroxylation is 2. The van der Waals surface area contributed by atoms with Gasteiger partial charge in [0.15, 0.2) is 11.5 Å². The number of fused-ring (bicyclic) bond motifs is 1. The Hall–Kier alpha value is -3.29. The molecular formula is C21H25N3O5. The van der Waals surface area contributed by atoms with E-state index in [1.807, 2.05) is 26.0 Å². The first-order valence-electron chi connectivity index (χ1n) is 9.39. The van der Waals surface area contributed by atoms with E-state index < -0.39 is 0 Å². The van der Waals surface area contributed by atoms with Crippen molar-refractivity contribution in [3.8, 4) is 11.5 Å². The van der Waals surface area contributed by atoms with Gasteiger partial charge in [-0.2, -0.15) is 0 Å². The van der Waals surface area contributed by atoms with Crippen LogP contribution in [-0.2, 0) is 11.3 Å². The van der Waals surface area contributed by atoms with Crippen molar-refractivity contribution in [3.63, 3.8) is 0 Å². The normalized spacial score (nSPS) is 12.0. The maximum Gasteiger partial charge on any atom is 0.261 e. The molecule has 3 aromatic rings. The minimum atomic E-state index is -0.205. The minimum absolute atomic E-state index is 0.0974. The fourth-order valence-electron chi connectivity index (χ4n) is 3.13.